The molecule has 1 aliphatic rings. The van der Waals surface area contributed by atoms with Crippen molar-refractivity contribution in [1.29, 1.82) is 0 Å². The Balaban J connectivity index is 1.85. The fourth-order valence-corrected chi connectivity index (χ4v) is 3.69. The first-order chi connectivity index (χ1) is 14.0. The Hall–Kier alpha value is -2.60. The Labute approximate surface area is 176 Å². The number of rotatable bonds is 7. The molecule has 0 radical (unpaired) electrons. The van der Waals surface area contributed by atoms with E-state index in [1.165, 1.54) is 7.11 Å². The highest BCUT2D eigenvalue weighted by Crippen LogP contribution is 2.38. The van der Waals surface area contributed by atoms with Crippen LogP contribution in [-0.2, 0) is 13.0 Å². The van der Waals surface area contributed by atoms with E-state index >= 15 is 0 Å². The predicted molar refractivity (Wildman–Crippen MR) is 112 cm³/mol. The van der Waals surface area contributed by atoms with Gasteiger partial charge in [-0.15, -0.1) is 0 Å². The number of benzene rings is 2. The molecule has 2 aromatic rings. The van der Waals surface area contributed by atoms with Crippen LogP contribution in [0, 0.1) is 0 Å². The molecular weight excluding hydrogens is 394 g/mol. The summed E-state index contributed by atoms with van der Waals surface area (Å²) in [5, 5.41) is 0.366. The molecule has 1 amide bonds. The number of methoxy groups -OCH3 is 3. The van der Waals surface area contributed by atoms with E-state index < -0.39 is 0 Å². The quantitative estimate of drug-likeness (QED) is 0.667. The van der Waals surface area contributed by atoms with E-state index in [0.717, 1.165) is 24.0 Å². The molecule has 0 aromatic heterocycles. The predicted octanol–water partition coefficient (Wildman–Crippen LogP) is 4.35. The molecule has 2 aromatic carbocycles. The van der Waals surface area contributed by atoms with Crippen molar-refractivity contribution in [2.45, 2.75) is 26.3 Å². The van der Waals surface area contributed by atoms with Crippen LogP contribution in [0.5, 0.6) is 23.0 Å². The van der Waals surface area contributed by atoms with Crippen LogP contribution in [0.15, 0.2) is 24.3 Å². The molecule has 0 aliphatic carbocycles. The summed E-state index contributed by atoms with van der Waals surface area (Å²) < 4.78 is 21.9. The van der Waals surface area contributed by atoms with Gasteiger partial charge in [-0.05, 0) is 48.2 Å². The van der Waals surface area contributed by atoms with Crippen LogP contribution < -0.4 is 18.9 Å². The summed E-state index contributed by atoms with van der Waals surface area (Å²) in [5.41, 5.74) is 2.67. The molecule has 0 bridgehead atoms. The van der Waals surface area contributed by atoms with E-state index in [4.69, 9.17) is 30.5 Å². The summed E-state index contributed by atoms with van der Waals surface area (Å²) in [5.74, 6) is 2.17. The van der Waals surface area contributed by atoms with Crippen LogP contribution in [0.3, 0.4) is 0 Å². The maximum atomic E-state index is 13.1. The zero-order valence-corrected chi connectivity index (χ0v) is 18.0. The lowest BCUT2D eigenvalue weighted by atomic mass is 9.98. The van der Waals surface area contributed by atoms with Crippen LogP contribution in [0.4, 0.5) is 0 Å². The molecule has 0 saturated heterocycles. The average molecular weight is 420 g/mol. The first-order valence-electron chi connectivity index (χ1n) is 9.55. The standard InChI is InChI=1S/C22H26ClNO5/c1-5-8-29-21-17(23)9-15(11-20(21)28-4)22(25)24-7-6-14-10-18(26-2)19(27-3)12-16(14)13-24/h9-12H,5-8,13H2,1-4H3. The van der Waals surface area contributed by atoms with Crippen LogP contribution in [0.25, 0.3) is 0 Å². The Morgan fingerprint density at radius 2 is 1.66 bits per heavy atom. The highest BCUT2D eigenvalue weighted by atomic mass is 35.5. The molecule has 1 heterocycles. The summed E-state index contributed by atoms with van der Waals surface area (Å²) >= 11 is 6.38. The maximum Gasteiger partial charge on any atom is 0.254 e. The highest BCUT2D eigenvalue weighted by molar-refractivity contribution is 6.32. The van der Waals surface area contributed by atoms with Crippen LogP contribution in [0.2, 0.25) is 5.02 Å². The molecule has 0 unspecified atom stereocenters. The Kier molecular flexibility index (Phi) is 6.75. The molecule has 0 N–H and O–H groups in total. The number of hydrogen-bond acceptors (Lipinski definition) is 5. The van der Waals surface area contributed by atoms with Gasteiger partial charge in [0.2, 0.25) is 0 Å². The van der Waals surface area contributed by atoms with Crippen molar-refractivity contribution in [2.24, 2.45) is 0 Å². The van der Waals surface area contributed by atoms with Gasteiger partial charge < -0.3 is 23.8 Å². The Morgan fingerprint density at radius 3 is 2.28 bits per heavy atom. The zero-order valence-electron chi connectivity index (χ0n) is 17.2. The number of carbonyl (C=O) groups excluding carboxylic acids is 1. The van der Waals surface area contributed by atoms with Crippen molar-refractivity contribution in [3.8, 4) is 23.0 Å². The third-order valence-corrected chi connectivity index (χ3v) is 5.21. The van der Waals surface area contributed by atoms with Gasteiger partial charge in [-0.2, -0.15) is 0 Å². The first kappa shape index (κ1) is 21.1. The van der Waals surface area contributed by atoms with Gasteiger partial charge in [0.25, 0.3) is 5.91 Å². The number of halogens is 1. The fourth-order valence-electron chi connectivity index (χ4n) is 3.43. The second-order valence-corrected chi connectivity index (χ2v) is 7.20. The molecule has 29 heavy (non-hydrogen) atoms. The summed E-state index contributed by atoms with van der Waals surface area (Å²) in [6, 6.07) is 7.24. The third kappa shape index (κ3) is 4.37. The topological polar surface area (TPSA) is 57.2 Å². The lowest BCUT2D eigenvalue weighted by molar-refractivity contribution is 0.0734. The van der Waals surface area contributed by atoms with Crippen molar-refractivity contribution in [3.63, 3.8) is 0 Å². The average Bonchev–Trinajstić information content (AvgIpc) is 2.75. The molecule has 0 saturated carbocycles. The largest absolute Gasteiger partial charge is 0.493 e. The van der Waals surface area contributed by atoms with Crippen molar-refractivity contribution in [1.82, 2.24) is 4.90 Å². The molecule has 0 fully saturated rings. The van der Waals surface area contributed by atoms with Crippen molar-refractivity contribution in [2.75, 3.05) is 34.5 Å². The molecule has 0 spiro atoms. The van der Waals surface area contributed by atoms with E-state index in [1.54, 1.807) is 31.3 Å². The van der Waals surface area contributed by atoms with Gasteiger partial charge in [0.05, 0.1) is 33.0 Å². The summed E-state index contributed by atoms with van der Waals surface area (Å²) in [4.78, 5) is 14.9. The molecule has 7 heteroatoms. The second-order valence-electron chi connectivity index (χ2n) is 6.79. The SMILES string of the molecule is CCCOc1c(Cl)cc(C(=O)N2CCc3cc(OC)c(OC)cc3C2)cc1OC. The van der Waals surface area contributed by atoms with E-state index in [0.29, 0.717) is 53.3 Å². The van der Waals surface area contributed by atoms with Gasteiger partial charge in [-0.3, -0.25) is 4.79 Å². The van der Waals surface area contributed by atoms with E-state index in [9.17, 15) is 4.79 Å². The number of amides is 1. The molecule has 6 nitrogen and oxygen atoms in total. The number of hydrogen-bond donors (Lipinski definition) is 0. The van der Waals surface area contributed by atoms with Gasteiger partial charge in [0, 0.05) is 18.7 Å². The second kappa shape index (κ2) is 9.27. The van der Waals surface area contributed by atoms with Crippen molar-refractivity contribution < 1.29 is 23.7 Å². The number of carbonyl (C=O) groups is 1. The van der Waals surface area contributed by atoms with Gasteiger partial charge in [0.1, 0.15) is 0 Å². The lowest BCUT2D eigenvalue weighted by Crippen LogP contribution is -2.36. The zero-order chi connectivity index (χ0) is 21.0. The molecule has 1 aliphatic heterocycles. The van der Waals surface area contributed by atoms with E-state index in [1.807, 2.05) is 19.1 Å². The monoisotopic (exact) mass is 419 g/mol. The number of fused-ring (bicyclic) bond motifs is 1. The number of ether oxygens (including phenoxy) is 4. The van der Waals surface area contributed by atoms with E-state index in [2.05, 4.69) is 0 Å². The summed E-state index contributed by atoms with van der Waals surface area (Å²) in [6.45, 7) is 3.63. The Bertz CT molecular complexity index is 899. The third-order valence-electron chi connectivity index (χ3n) is 4.93. The lowest BCUT2D eigenvalue weighted by Gasteiger charge is -2.30. The molecule has 156 valence electrons. The Morgan fingerprint density at radius 1 is 1.00 bits per heavy atom. The first-order valence-corrected chi connectivity index (χ1v) is 9.93. The fraction of sp³-hybridized carbons (Fsp3) is 0.409. The molecule has 0 atom stereocenters. The van der Waals surface area contributed by atoms with Gasteiger partial charge >= 0.3 is 0 Å². The van der Waals surface area contributed by atoms with Gasteiger partial charge in [0.15, 0.2) is 23.0 Å². The summed E-state index contributed by atoms with van der Waals surface area (Å²) in [7, 11) is 4.76. The minimum atomic E-state index is -0.104. The molecule has 3 rings (SSSR count). The van der Waals surface area contributed by atoms with E-state index in [-0.39, 0.29) is 5.91 Å². The van der Waals surface area contributed by atoms with Crippen LogP contribution in [-0.4, -0.2) is 45.3 Å². The number of nitrogens with zero attached hydrogens (tertiary/aromatic N) is 1. The van der Waals surface area contributed by atoms with Crippen LogP contribution in [0.1, 0.15) is 34.8 Å². The van der Waals surface area contributed by atoms with Gasteiger partial charge in [-0.1, -0.05) is 18.5 Å². The minimum absolute atomic E-state index is 0.104. The molecular formula is C22H26ClNO5. The summed E-state index contributed by atoms with van der Waals surface area (Å²) in [6.07, 6.45) is 1.59. The smallest absolute Gasteiger partial charge is 0.254 e. The minimum Gasteiger partial charge on any atom is -0.493 e. The van der Waals surface area contributed by atoms with Crippen molar-refractivity contribution >= 4 is 17.5 Å². The maximum absolute atomic E-state index is 13.1. The normalized spacial score (nSPS) is 12.9. The van der Waals surface area contributed by atoms with Gasteiger partial charge in [-0.25, -0.2) is 0 Å². The van der Waals surface area contributed by atoms with Crippen LogP contribution >= 0.6 is 11.6 Å². The highest BCUT2D eigenvalue weighted by Gasteiger charge is 2.25. The van der Waals surface area contributed by atoms with Crippen molar-refractivity contribution in [3.05, 3.63) is 46.0 Å².